The first-order chi connectivity index (χ1) is 9.02. The number of benzene rings is 1. The number of rotatable bonds is 4. The zero-order valence-electron chi connectivity index (χ0n) is 11.8. The normalized spacial score (nSPS) is 21.8. The summed E-state index contributed by atoms with van der Waals surface area (Å²) in [5.74, 6) is -0.0245. The number of hydrogen-bond donors (Lipinski definition) is 1. The Bertz CT molecular complexity index is 448. The molecule has 1 aromatic carbocycles. The van der Waals surface area contributed by atoms with Crippen LogP contribution >= 0.6 is 0 Å². The van der Waals surface area contributed by atoms with E-state index in [0.717, 1.165) is 26.1 Å². The van der Waals surface area contributed by atoms with E-state index in [1.165, 1.54) is 12.1 Å². The van der Waals surface area contributed by atoms with E-state index in [1.807, 2.05) is 14.0 Å². The summed E-state index contributed by atoms with van der Waals surface area (Å²) >= 11 is 0. The van der Waals surface area contributed by atoms with Crippen molar-refractivity contribution in [2.75, 3.05) is 26.7 Å². The number of nitrogens with zero attached hydrogens (tertiary/aromatic N) is 1. The van der Waals surface area contributed by atoms with Gasteiger partial charge >= 0.3 is 0 Å². The fourth-order valence-electron chi connectivity index (χ4n) is 2.85. The first kappa shape index (κ1) is 14.4. The summed E-state index contributed by atoms with van der Waals surface area (Å²) in [5, 5.41) is 3.18. The van der Waals surface area contributed by atoms with Crippen LogP contribution in [0.1, 0.15) is 30.5 Å². The van der Waals surface area contributed by atoms with Gasteiger partial charge in [-0.2, -0.15) is 0 Å². The maximum absolute atomic E-state index is 14.0. The second-order valence-electron chi connectivity index (χ2n) is 5.51. The predicted octanol–water partition coefficient (Wildman–Crippen LogP) is 2.88. The third-order valence-electron chi connectivity index (χ3n) is 4.09. The fraction of sp³-hybridized carbons (Fsp3) is 0.600. The highest BCUT2D eigenvalue weighted by molar-refractivity contribution is 5.27. The average Bonchev–Trinajstić information content (AvgIpc) is 2.82. The van der Waals surface area contributed by atoms with Gasteiger partial charge in [-0.15, -0.1) is 0 Å². The van der Waals surface area contributed by atoms with Crippen LogP contribution < -0.4 is 5.32 Å². The quantitative estimate of drug-likeness (QED) is 0.903. The Morgan fingerprint density at radius 3 is 2.79 bits per heavy atom. The fourth-order valence-corrected chi connectivity index (χ4v) is 2.85. The SMILES string of the molecule is CNCC1CCN(C(C)c2cc(F)c(C)cc2F)C1. The average molecular weight is 268 g/mol. The molecule has 1 aromatic rings. The molecule has 19 heavy (non-hydrogen) atoms. The molecule has 1 aliphatic heterocycles. The van der Waals surface area contributed by atoms with Crippen molar-refractivity contribution in [3.05, 3.63) is 34.9 Å². The molecule has 0 saturated carbocycles. The van der Waals surface area contributed by atoms with Crippen LogP contribution in [0.2, 0.25) is 0 Å². The minimum atomic E-state index is -0.325. The maximum atomic E-state index is 14.0. The predicted molar refractivity (Wildman–Crippen MR) is 73.1 cm³/mol. The molecule has 2 nitrogen and oxygen atoms in total. The van der Waals surface area contributed by atoms with Crippen LogP contribution in [-0.4, -0.2) is 31.6 Å². The van der Waals surface area contributed by atoms with Crippen LogP contribution in [0, 0.1) is 24.5 Å². The molecule has 106 valence electrons. The van der Waals surface area contributed by atoms with Crippen LogP contribution in [0.15, 0.2) is 12.1 Å². The lowest BCUT2D eigenvalue weighted by Crippen LogP contribution is -2.27. The Morgan fingerprint density at radius 2 is 2.11 bits per heavy atom. The summed E-state index contributed by atoms with van der Waals surface area (Å²) in [4.78, 5) is 2.23. The van der Waals surface area contributed by atoms with Crippen molar-refractivity contribution in [2.45, 2.75) is 26.3 Å². The van der Waals surface area contributed by atoms with Crippen molar-refractivity contribution in [3.8, 4) is 0 Å². The summed E-state index contributed by atoms with van der Waals surface area (Å²) in [6.45, 7) is 6.41. The molecule has 2 atom stereocenters. The molecular weight excluding hydrogens is 246 g/mol. The first-order valence-corrected chi connectivity index (χ1v) is 6.87. The zero-order valence-corrected chi connectivity index (χ0v) is 11.8. The Balaban J connectivity index is 2.12. The molecule has 0 aliphatic carbocycles. The second kappa shape index (κ2) is 5.97. The summed E-state index contributed by atoms with van der Waals surface area (Å²) < 4.78 is 27.6. The van der Waals surface area contributed by atoms with Crippen molar-refractivity contribution < 1.29 is 8.78 Å². The van der Waals surface area contributed by atoms with Crippen molar-refractivity contribution in [1.82, 2.24) is 10.2 Å². The molecule has 1 saturated heterocycles. The third kappa shape index (κ3) is 3.12. The van der Waals surface area contributed by atoms with Crippen LogP contribution in [0.3, 0.4) is 0 Å². The van der Waals surface area contributed by atoms with E-state index in [0.29, 0.717) is 17.0 Å². The first-order valence-electron chi connectivity index (χ1n) is 6.87. The van der Waals surface area contributed by atoms with Crippen molar-refractivity contribution in [1.29, 1.82) is 0 Å². The van der Waals surface area contributed by atoms with Crippen molar-refractivity contribution in [2.24, 2.45) is 5.92 Å². The van der Waals surface area contributed by atoms with Gasteiger partial charge in [0.1, 0.15) is 11.6 Å². The van der Waals surface area contributed by atoms with E-state index in [9.17, 15) is 8.78 Å². The lowest BCUT2D eigenvalue weighted by molar-refractivity contribution is 0.246. The highest BCUT2D eigenvalue weighted by Gasteiger charge is 2.28. The zero-order chi connectivity index (χ0) is 14.0. The smallest absolute Gasteiger partial charge is 0.128 e. The molecule has 0 spiro atoms. The number of halogens is 2. The lowest BCUT2D eigenvalue weighted by Gasteiger charge is -2.25. The van der Waals surface area contributed by atoms with E-state index in [4.69, 9.17) is 0 Å². The molecular formula is C15H22F2N2. The maximum Gasteiger partial charge on any atom is 0.128 e. The monoisotopic (exact) mass is 268 g/mol. The van der Waals surface area contributed by atoms with Crippen LogP contribution in [0.25, 0.3) is 0 Å². The van der Waals surface area contributed by atoms with Crippen LogP contribution in [0.5, 0.6) is 0 Å². The summed E-state index contributed by atoms with van der Waals surface area (Å²) in [6.07, 6.45) is 1.11. The van der Waals surface area contributed by atoms with E-state index in [1.54, 1.807) is 6.92 Å². The lowest BCUT2D eigenvalue weighted by atomic mass is 10.0. The molecule has 0 bridgehead atoms. The van der Waals surface area contributed by atoms with E-state index < -0.39 is 0 Å². The highest BCUT2D eigenvalue weighted by atomic mass is 19.1. The number of likely N-dealkylation sites (tertiary alicyclic amines) is 1. The number of hydrogen-bond acceptors (Lipinski definition) is 2. The molecule has 0 aromatic heterocycles. The second-order valence-corrected chi connectivity index (χ2v) is 5.51. The molecule has 4 heteroatoms. The topological polar surface area (TPSA) is 15.3 Å². The van der Waals surface area contributed by atoms with Gasteiger partial charge in [0.15, 0.2) is 0 Å². The third-order valence-corrected chi connectivity index (χ3v) is 4.09. The standard InChI is InChI=1S/C15H22F2N2/c1-10-6-15(17)13(7-14(10)16)11(2)19-5-4-12(9-19)8-18-3/h6-7,11-12,18H,4-5,8-9H2,1-3H3. The molecule has 2 unspecified atom stereocenters. The van der Waals surface area contributed by atoms with Crippen LogP contribution in [-0.2, 0) is 0 Å². The van der Waals surface area contributed by atoms with Gasteiger partial charge < -0.3 is 5.32 Å². The molecule has 1 heterocycles. The summed E-state index contributed by atoms with van der Waals surface area (Å²) in [7, 11) is 1.95. The Morgan fingerprint density at radius 1 is 1.37 bits per heavy atom. The number of aryl methyl sites for hydroxylation is 1. The van der Waals surface area contributed by atoms with Gasteiger partial charge in [0, 0.05) is 18.2 Å². The van der Waals surface area contributed by atoms with Gasteiger partial charge in [-0.05, 0) is 64.0 Å². The van der Waals surface area contributed by atoms with E-state index >= 15 is 0 Å². The largest absolute Gasteiger partial charge is 0.319 e. The highest BCUT2D eigenvalue weighted by Crippen LogP contribution is 2.29. The number of nitrogens with one attached hydrogen (secondary N) is 1. The molecule has 1 aliphatic rings. The van der Waals surface area contributed by atoms with Crippen molar-refractivity contribution >= 4 is 0 Å². The Hall–Kier alpha value is -1.00. The van der Waals surface area contributed by atoms with Gasteiger partial charge in [0.05, 0.1) is 0 Å². The Kier molecular flexibility index (Phi) is 4.53. The van der Waals surface area contributed by atoms with Gasteiger partial charge in [-0.25, -0.2) is 8.78 Å². The van der Waals surface area contributed by atoms with Gasteiger partial charge in [-0.3, -0.25) is 4.90 Å². The van der Waals surface area contributed by atoms with Crippen molar-refractivity contribution in [3.63, 3.8) is 0 Å². The van der Waals surface area contributed by atoms with E-state index in [2.05, 4.69) is 10.2 Å². The minimum Gasteiger partial charge on any atom is -0.319 e. The molecule has 2 rings (SSSR count). The van der Waals surface area contributed by atoms with Gasteiger partial charge in [0.25, 0.3) is 0 Å². The molecule has 1 fully saturated rings. The summed E-state index contributed by atoms with van der Waals surface area (Å²) in [6, 6.07) is 2.57. The summed E-state index contributed by atoms with van der Waals surface area (Å²) in [5.41, 5.74) is 0.830. The Labute approximate surface area is 113 Å². The minimum absolute atomic E-state index is 0.0723. The molecule has 0 radical (unpaired) electrons. The van der Waals surface area contributed by atoms with Crippen LogP contribution in [0.4, 0.5) is 8.78 Å². The van der Waals surface area contributed by atoms with E-state index in [-0.39, 0.29) is 17.7 Å². The molecule has 0 amide bonds. The van der Waals surface area contributed by atoms with Gasteiger partial charge in [0.2, 0.25) is 0 Å². The van der Waals surface area contributed by atoms with Gasteiger partial charge in [-0.1, -0.05) is 0 Å². The molecule has 1 N–H and O–H groups in total.